The van der Waals surface area contributed by atoms with E-state index in [1.54, 1.807) is 48.5 Å². The van der Waals surface area contributed by atoms with Crippen molar-refractivity contribution in [3.8, 4) is 0 Å². The number of halogens is 2. The minimum atomic E-state index is -1.40. The zero-order valence-corrected chi connectivity index (χ0v) is 25.5. The van der Waals surface area contributed by atoms with Crippen molar-refractivity contribution < 1.29 is 14.4 Å². The van der Waals surface area contributed by atoms with Crippen molar-refractivity contribution in [3.63, 3.8) is 0 Å². The molecule has 2 amide bonds. The number of Topliss-reactive ketones (excluding diaryl/α,β-unsaturated/α-hetero) is 1. The zero-order chi connectivity index (χ0) is 29.0. The molecule has 1 atom stereocenters. The molecule has 5 nitrogen and oxygen atoms in total. The predicted molar refractivity (Wildman–Crippen MR) is 169 cm³/mol. The van der Waals surface area contributed by atoms with Crippen molar-refractivity contribution in [1.82, 2.24) is 0 Å². The van der Waals surface area contributed by atoms with Crippen LogP contribution in [0.3, 0.4) is 0 Å². The number of hydrogen-bond acceptors (Lipinski definition) is 3. The van der Waals surface area contributed by atoms with Crippen LogP contribution in [0.4, 0.5) is 11.4 Å². The van der Waals surface area contributed by atoms with E-state index in [0.29, 0.717) is 22.8 Å². The molecular formula is C33H46Cl2N2O3. The maximum atomic E-state index is 12.6. The number of ketones is 1. The topological polar surface area (TPSA) is 75.3 Å². The summed E-state index contributed by atoms with van der Waals surface area (Å²) in [6.07, 6.45) is 19.8. The Labute approximate surface area is 250 Å². The lowest BCUT2D eigenvalue weighted by atomic mass is 10.0. The van der Waals surface area contributed by atoms with Crippen molar-refractivity contribution in [2.24, 2.45) is 0 Å². The van der Waals surface area contributed by atoms with E-state index in [9.17, 15) is 14.4 Å². The normalized spacial score (nSPS) is 11.7. The molecule has 0 heterocycles. The van der Waals surface area contributed by atoms with E-state index < -0.39 is 17.1 Å². The van der Waals surface area contributed by atoms with E-state index in [1.807, 2.05) is 0 Å². The Morgan fingerprint density at radius 3 is 1.70 bits per heavy atom. The van der Waals surface area contributed by atoms with Gasteiger partial charge in [0.2, 0.25) is 11.8 Å². The maximum Gasteiger partial charge on any atom is 0.250 e. The molecule has 2 aromatic carbocycles. The molecule has 2 N–H and O–H groups in total. The van der Waals surface area contributed by atoms with Crippen molar-refractivity contribution >= 4 is 52.2 Å². The number of alkyl halides is 1. The molecule has 220 valence electrons. The maximum absolute atomic E-state index is 12.6. The Hall–Kier alpha value is -2.37. The van der Waals surface area contributed by atoms with Crippen LogP contribution < -0.4 is 10.6 Å². The second-order valence-electron chi connectivity index (χ2n) is 10.5. The Morgan fingerprint density at radius 1 is 0.675 bits per heavy atom. The SMILES string of the molecule is CCCCCCCCCCCCCCCCCC(=O)Nc1ccc(C(=O)[C@@H](Cl)C(=O)Nc2ccccc2Cl)cc1. The number of rotatable bonds is 21. The molecule has 0 aliphatic carbocycles. The number of amides is 2. The highest BCUT2D eigenvalue weighted by Crippen LogP contribution is 2.22. The summed E-state index contributed by atoms with van der Waals surface area (Å²) in [7, 11) is 0. The summed E-state index contributed by atoms with van der Waals surface area (Å²) in [6, 6.07) is 13.1. The first-order chi connectivity index (χ1) is 19.4. The quantitative estimate of drug-likeness (QED) is 0.0659. The van der Waals surface area contributed by atoms with Crippen LogP contribution in [0, 0.1) is 0 Å². The van der Waals surface area contributed by atoms with Gasteiger partial charge in [0.15, 0.2) is 11.2 Å². The van der Waals surface area contributed by atoms with Gasteiger partial charge in [0.25, 0.3) is 0 Å². The number of para-hydroxylation sites is 1. The zero-order valence-electron chi connectivity index (χ0n) is 24.0. The van der Waals surface area contributed by atoms with Gasteiger partial charge in [0.05, 0.1) is 10.7 Å². The summed E-state index contributed by atoms with van der Waals surface area (Å²) in [4.78, 5) is 37.3. The molecule has 2 aromatic rings. The van der Waals surface area contributed by atoms with Crippen molar-refractivity contribution in [3.05, 3.63) is 59.1 Å². The van der Waals surface area contributed by atoms with Crippen molar-refractivity contribution in [2.45, 2.75) is 115 Å². The van der Waals surface area contributed by atoms with Gasteiger partial charge < -0.3 is 10.6 Å². The van der Waals surface area contributed by atoms with Crippen molar-refractivity contribution in [1.29, 1.82) is 0 Å². The van der Waals surface area contributed by atoms with E-state index >= 15 is 0 Å². The second-order valence-corrected chi connectivity index (χ2v) is 11.4. The summed E-state index contributed by atoms with van der Waals surface area (Å²) in [5, 5.41) is 4.40. The van der Waals surface area contributed by atoms with E-state index in [1.165, 1.54) is 83.5 Å². The van der Waals surface area contributed by atoms with Gasteiger partial charge in [-0.25, -0.2) is 0 Å². The fourth-order valence-electron chi connectivity index (χ4n) is 4.62. The van der Waals surface area contributed by atoms with E-state index in [2.05, 4.69) is 17.6 Å². The minimum absolute atomic E-state index is 0.0388. The molecule has 0 unspecified atom stereocenters. The number of unbranched alkanes of at least 4 members (excludes halogenated alkanes) is 14. The van der Waals surface area contributed by atoms with Gasteiger partial charge in [-0.3, -0.25) is 14.4 Å². The minimum Gasteiger partial charge on any atom is -0.326 e. The van der Waals surface area contributed by atoms with Crippen LogP contribution >= 0.6 is 23.2 Å². The number of nitrogens with one attached hydrogen (secondary N) is 2. The average Bonchev–Trinajstić information content (AvgIpc) is 2.96. The van der Waals surface area contributed by atoms with Gasteiger partial charge in [-0.15, -0.1) is 11.6 Å². The molecule has 0 spiro atoms. The summed E-state index contributed by atoms with van der Waals surface area (Å²) in [5.74, 6) is -1.22. The lowest BCUT2D eigenvalue weighted by Crippen LogP contribution is -2.30. The van der Waals surface area contributed by atoms with Crippen LogP contribution in [0.5, 0.6) is 0 Å². The first-order valence-corrected chi connectivity index (χ1v) is 15.9. The van der Waals surface area contributed by atoms with Gasteiger partial charge in [-0.2, -0.15) is 0 Å². The predicted octanol–water partition coefficient (Wildman–Crippen LogP) is 9.97. The second kappa shape index (κ2) is 20.5. The molecule has 0 aliphatic heterocycles. The summed E-state index contributed by atoms with van der Waals surface area (Å²) < 4.78 is 0. The summed E-state index contributed by atoms with van der Waals surface area (Å²) in [5.41, 5.74) is 1.28. The average molecular weight is 590 g/mol. The third-order valence-corrected chi connectivity index (χ3v) is 7.78. The highest BCUT2D eigenvalue weighted by molar-refractivity contribution is 6.45. The smallest absolute Gasteiger partial charge is 0.250 e. The lowest BCUT2D eigenvalue weighted by Gasteiger charge is -2.11. The Morgan fingerprint density at radius 2 is 1.18 bits per heavy atom. The summed E-state index contributed by atoms with van der Waals surface area (Å²) >= 11 is 12.2. The van der Waals surface area contributed by atoms with Crippen LogP contribution in [0.1, 0.15) is 120 Å². The van der Waals surface area contributed by atoms with E-state index in [0.717, 1.165) is 12.8 Å². The van der Waals surface area contributed by atoms with Crippen molar-refractivity contribution in [2.75, 3.05) is 10.6 Å². The van der Waals surface area contributed by atoms with Crippen LogP contribution in [0.2, 0.25) is 5.02 Å². The monoisotopic (exact) mass is 588 g/mol. The molecule has 40 heavy (non-hydrogen) atoms. The fourth-order valence-corrected chi connectivity index (χ4v) is 4.99. The Bertz CT molecular complexity index is 1030. The number of carbonyl (C=O) groups is 3. The fraction of sp³-hybridized carbons (Fsp3) is 0.545. The number of benzene rings is 2. The van der Waals surface area contributed by atoms with Gasteiger partial charge in [-0.1, -0.05) is 121 Å². The van der Waals surface area contributed by atoms with Crippen LogP contribution in [-0.4, -0.2) is 23.0 Å². The first-order valence-electron chi connectivity index (χ1n) is 15.1. The molecular weight excluding hydrogens is 543 g/mol. The largest absolute Gasteiger partial charge is 0.326 e. The van der Waals surface area contributed by atoms with Gasteiger partial charge in [0, 0.05) is 17.7 Å². The van der Waals surface area contributed by atoms with Crippen LogP contribution in [0.15, 0.2) is 48.5 Å². The highest BCUT2D eigenvalue weighted by atomic mass is 35.5. The van der Waals surface area contributed by atoms with E-state index in [-0.39, 0.29) is 11.5 Å². The van der Waals surface area contributed by atoms with Crippen LogP contribution in [-0.2, 0) is 9.59 Å². The van der Waals surface area contributed by atoms with Gasteiger partial charge >= 0.3 is 0 Å². The Kier molecular flexibility index (Phi) is 17.3. The molecule has 0 saturated carbocycles. The Balaban J connectivity index is 1.54. The molecule has 7 heteroatoms. The van der Waals surface area contributed by atoms with E-state index in [4.69, 9.17) is 23.2 Å². The molecule has 0 saturated heterocycles. The highest BCUT2D eigenvalue weighted by Gasteiger charge is 2.25. The van der Waals surface area contributed by atoms with Gasteiger partial charge in [0.1, 0.15) is 0 Å². The molecule has 0 aliphatic rings. The standard InChI is InChI=1S/C33H46Cl2N2O3/c1-2-3-4-5-6-7-8-9-10-11-12-13-14-15-16-21-30(38)36-27-24-22-26(23-25-27)32(39)31(35)33(40)37-29-20-18-17-19-28(29)34/h17-20,22-25,31H,2-16,21H2,1H3,(H,36,38)(H,37,40)/t31-/m1/s1. The number of anilines is 2. The van der Waals surface area contributed by atoms with Gasteiger partial charge in [-0.05, 0) is 42.8 Å². The molecule has 0 radical (unpaired) electrons. The molecule has 2 rings (SSSR count). The first kappa shape index (κ1) is 33.8. The number of carbonyl (C=O) groups excluding carboxylic acids is 3. The lowest BCUT2D eigenvalue weighted by molar-refractivity contribution is -0.116. The van der Waals surface area contributed by atoms with Crippen LogP contribution in [0.25, 0.3) is 0 Å². The number of hydrogen-bond donors (Lipinski definition) is 2. The third-order valence-electron chi connectivity index (χ3n) is 7.05. The molecule has 0 fully saturated rings. The third kappa shape index (κ3) is 13.8. The molecule has 0 bridgehead atoms. The molecule has 0 aromatic heterocycles. The summed E-state index contributed by atoms with van der Waals surface area (Å²) in [6.45, 7) is 2.26.